The molecule has 0 saturated heterocycles. The molecule has 0 bridgehead atoms. The molecule has 2 aromatic carbocycles. The van der Waals surface area contributed by atoms with Crippen LogP contribution in [0.4, 0.5) is 0 Å². The molecule has 1 saturated carbocycles. The Balaban J connectivity index is 1.71. The highest BCUT2D eigenvalue weighted by Gasteiger charge is 2.14. The minimum atomic E-state index is -0.181. The maximum absolute atomic E-state index is 12.9. The fourth-order valence-electron chi connectivity index (χ4n) is 3.50. The summed E-state index contributed by atoms with van der Waals surface area (Å²) >= 11 is 0. The van der Waals surface area contributed by atoms with Gasteiger partial charge in [0.25, 0.3) is 5.91 Å². The van der Waals surface area contributed by atoms with E-state index in [0.717, 1.165) is 53.6 Å². The van der Waals surface area contributed by atoms with Gasteiger partial charge < -0.3 is 0 Å². The Morgan fingerprint density at radius 1 is 1.00 bits per heavy atom. The van der Waals surface area contributed by atoms with E-state index in [0.29, 0.717) is 5.56 Å². The van der Waals surface area contributed by atoms with Gasteiger partial charge in [0, 0.05) is 16.7 Å². The van der Waals surface area contributed by atoms with E-state index in [1.165, 1.54) is 12.0 Å². The van der Waals surface area contributed by atoms with Gasteiger partial charge in [-0.3, -0.25) is 4.79 Å². The maximum Gasteiger partial charge on any atom is 0.272 e. The van der Waals surface area contributed by atoms with Gasteiger partial charge >= 0.3 is 0 Å². The monoisotopic (exact) mass is 357 g/mol. The zero-order valence-electron chi connectivity index (χ0n) is 15.5. The number of amides is 1. The van der Waals surface area contributed by atoms with Crippen LogP contribution in [-0.4, -0.2) is 16.6 Å². The second-order valence-corrected chi connectivity index (χ2v) is 7.12. The van der Waals surface area contributed by atoms with Crippen molar-refractivity contribution in [2.24, 2.45) is 5.10 Å². The minimum Gasteiger partial charge on any atom is -0.267 e. The topological polar surface area (TPSA) is 54.4 Å². The Morgan fingerprint density at radius 3 is 2.52 bits per heavy atom. The SMILES string of the molecule is Cc1ccc(-c2cc(C(=O)NN=C3CCCCC3)c3ccccc3n2)cc1. The van der Waals surface area contributed by atoms with Gasteiger partial charge in [-0.15, -0.1) is 0 Å². The summed E-state index contributed by atoms with van der Waals surface area (Å²) in [6, 6.07) is 17.8. The van der Waals surface area contributed by atoms with Crippen LogP contribution >= 0.6 is 0 Å². The third kappa shape index (κ3) is 3.90. The van der Waals surface area contributed by atoms with Crippen molar-refractivity contribution in [1.29, 1.82) is 0 Å². The molecule has 1 aliphatic carbocycles. The van der Waals surface area contributed by atoms with Gasteiger partial charge in [-0.1, -0.05) is 54.4 Å². The summed E-state index contributed by atoms with van der Waals surface area (Å²) in [7, 11) is 0. The van der Waals surface area contributed by atoms with Crippen LogP contribution in [0.3, 0.4) is 0 Å². The number of fused-ring (bicyclic) bond motifs is 1. The molecule has 4 rings (SSSR count). The van der Waals surface area contributed by atoms with E-state index in [-0.39, 0.29) is 5.91 Å². The highest BCUT2D eigenvalue weighted by molar-refractivity contribution is 6.07. The zero-order valence-corrected chi connectivity index (χ0v) is 15.5. The first-order valence-electron chi connectivity index (χ1n) is 9.53. The normalized spacial score (nSPS) is 14.2. The average molecular weight is 357 g/mol. The highest BCUT2D eigenvalue weighted by atomic mass is 16.2. The van der Waals surface area contributed by atoms with Crippen molar-refractivity contribution in [2.45, 2.75) is 39.0 Å². The molecule has 0 unspecified atom stereocenters. The first-order chi connectivity index (χ1) is 13.2. The Hall–Kier alpha value is -3.01. The van der Waals surface area contributed by atoms with E-state index in [1.807, 2.05) is 42.5 Å². The summed E-state index contributed by atoms with van der Waals surface area (Å²) in [6.45, 7) is 2.06. The Labute approximate surface area is 159 Å². The number of carbonyl (C=O) groups is 1. The predicted octanol–water partition coefficient (Wildman–Crippen LogP) is 5.26. The molecule has 1 aromatic heterocycles. The van der Waals surface area contributed by atoms with Crippen LogP contribution < -0.4 is 5.43 Å². The predicted molar refractivity (Wildman–Crippen MR) is 110 cm³/mol. The lowest BCUT2D eigenvalue weighted by Gasteiger charge is -2.13. The maximum atomic E-state index is 12.9. The molecular formula is C23H23N3O. The first-order valence-corrected chi connectivity index (χ1v) is 9.53. The fraction of sp³-hybridized carbons (Fsp3) is 0.261. The van der Waals surface area contributed by atoms with Crippen molar-refractivity contribution >= 4 is 22.5 Å². The summed E-state index contributed by atoms with van der Waals surface area (Å²) in [5.41, 5.74) is 8.27. The molecule has 1 amide bonds. The van der Waals surface area contributed by atoms with E-state index < -0.39 is 0 Å². The number of carbonyl (C=O) groups excluding carboxylic acids is 1. The number of nitrogens with zero attached hydrogens (tertiary/aromatic N) is 2. The molecule has 1 aliphatic rings. The van der Waals surface area contributed by atoms with Crippen molar-refractivity contribution in [3.8, 4) is 11.3 Å². The van der Waals surface area contributed by atoms with Gasteiger partial charge in [0.05, 0.1) is 16.8 Å². The Bertz CT molecular complexity index is 998. The number of aryl methyl sites for hydroxylation is 1. The molecule has 1 N–H and O–H groups in total. The lowest BCUT2D eigenvalue weighted by molar-refractivity contribution is 0.0956. The van der Waals surface area contributed by atoms with Crippen molar-refractivity contribution in [3.63, 3.8) is 0 Å². The Morgan fingerprint density at radius 2 is 1.74 bits per heavy atom. The van der Waals surface area contributed by atoms with Crippen molar-refractivity contribution in [1.82, 2.24) is 10.4 Å². The largest absolute Gasteiger partial charge is 0.272 e. The number of hydrazone groups is 1. The molecule has 4 heteroatoms. The lowest BCUT2D eigenvalue weighted by atomic mass is 9.99. The van der Waals surface area contributed by atoms with E-state index in [1.54, 1.807) is 0 Å². The number of para-hydroxylation sites is 1. The van der Waals surface area contributed by atoms with Crippen LogP contribution in [0.25, 0.3) is 22.2 Å². The number of benzene rings is 2. The molecule has 136 valence electrons. The van der Waals surface area contributed by atoms with E-state index in [2.05, 4.69) is 29.6 Å². The standard InChI is InChI=1S/C23H23N3O/c1-16-11-13-17(14-12-16)22-15-20(19-9-5-6-10-21(19)24-22)23(27)26-25-18-7-3-2-4-8-18/h5-6,9-15H,2-4,7-8H2,1H3,(H,26,27). The summed E-state index contributed by atoms with van der Waals surface area (Å²) in [5.74, 6) is -0.181. The second kappa shape index (κ2) is 7.70. The molecule has 0 atom stereocenters. The zero-order chi connectivity index (χ0) is 18.6. The van der Waals surface area contributed by atoms with Gasteiger partial charge in [-0.05, 0) is 44.7 Å². The molecule has 1 fully saturated rings. The van der Waals surface area contributed by atoms with Gasteiger partial charge in [0.15, 0.2) is 0 Å². The van der Waals surface area contributed by atoms with Crippen molar-refractivity contribution in [3.05, 3.63) is 65.7 Å². The Kier molecular flexibility index (Phi) is 4.97. The van der Waals surface area contributed by atoms with Gasteiger partial charge in [-0.2, -0.15) is 5.10 Å². The van der Waals surface area contributed by atoms with E-state index in [9.17, 15) is 4.79 Å². The third-order valence-corrected chi connectivity index (χ3v) is 5.05. The van der Waals surface area contributed by atoms with Crippen LogP contribution in [0.1, 0.15) is 48.0 Å². The average Bonchev–Trinajstić information content (AvgIpc) is 2.72. The van der Waals surface area contributed by atoms with Crippen LogP contribution in [0.2, 0.25) is 0 Å². The lowest BCUT2D eigenvalue weighted by Crippen LogP contribution is -2.21. The van der Waals surface area contributed by atoms with Gasteiger partial charge in [0.1, 0.15) is 0 Å². The van der Waals surface area contributed by atoms with Crippen molar-refractivity contribution in [2.75, 3.05) is 0 Å². The second-order valence-electron chi connectivity index (χ2n) is 7.12. The fourth-order valence-corrected chi connectivity index (χ4v) is 3.50. The smallest absolute Gasteiger partial charge is 0.267 e. The molecule has 4 nitrogen and oxygen atoms in total. The summed E-state index contributed by atoms with van der Waals surface area (Å²) in [4.78, 5) is 17.6. The van der Waals surface area contributed by atoms with E-state index in [4.69, 9.17) is 4.98 Å². The number of hydrogen-bond acceptors (Lipinski definition) is 3. The summed E-state index contributed by atoms with van der Waals surface area (Å²) in [5, 5.41) is 5.22. The van der Waals surface area contributed by atoms with Crippen LogP contribution in [0.15, 0.2) is 59.7 Å². The number of aromatic nitrogens is 1. The number of rotatable bonds is 3. The van der Waals surface area contributed by atoms with Crippen molar-refractivity contribution < 1.29 is 4.79 Å². The molecular weight excluding hydrogens is 334 g/mol. The third-order valence-electron chi connectivity index (χ3n) is 5.05. The number of nitrogens with one attached hydrogen (secondary N) is 1. The van der Waals surface area contributed by atoms with Crippen LogP contribution in [0, 0.1) is 6.92 Å². The van der Waals surface area contributed by atoms with Crippen LogP contribution in [-0.2, 0) is 0 Å². The first kappa shape index (κ1) is 17.4. The summed E-state index contributed by atoms with van der Waals surface area (Å²) < 4.78 is 0. The molecule has 0 aliphatic heterocycles. The molecule has 27 heavy (non-hydrogen) atoms. The minimum absolute atomic E-state index is 0.181. The summed E-state index contributed by atoms with van der Waals surface area (Å²) in [6.07, 6.45) is 5.52. The van der Waals surface area contributed by atoms with Gasteiger partial charge in [-0.25, -0.2) is 10.4 Å². The number of pyridine rings is 1. The highest BCUT2D eigenvalue weighted by Crippen LogP contribution is 2.25. The number of hydrogen-bond donors (Lipinski definition) is 1. The van der Waals surface area contributed by atoms with Gasteiger partial charge in [0.2, 0.25) is 0 Å². The molecule has 0 radical (unpaired) electrons. The molecule has 1 heterocycles. The molecule has 3 aromatic rings. The van der Waals surface area contributed by atoms with E-state index >= 15 is 0 Å². The molecule has 0 spiro atoms. The van der Waals surface area contributed by atoms with Crippen LogP contribution in [0.5, 0.6) is 0 Å². The quantitative estimate of drug-likeness (QED) is 0.650.